The molecule has 0 saturated heterocycles. The molecule has 2 heterocycles. The van der Waals surface area contributed by atoms with Gasteiger partial charge >= 0.3 is 0 Å². The normalized spacial score (nSPS) is 14.3. The van der Waals surface area contributed by atoms with Gasteiger partial charge in [0.05, 0.1) is 5.69 Å². The lowest BCUT2D eigenvalue weighted by molar-refractivity contribution is -0.127. The minimum Gasteiger partial charge on any atom is -0.385 e. The summed E-state index contributed by atoms with van der Waals surface area (Å²) in [6.45, 7) is 6.64. The largest absolute Gasteiger partial charge is 0.385 e. The van der Waals surface area contributed by atoms with Gasteiger partial charge in [0.1, 0.15) is 0 Å². The van der Waals surface area contributed by atoms with Crippen molar-refractivity contribution in [1.29, 1.82) is 0 Å². The van der Waals surface area contributed by atoms with Gasteiger partial charge in [-0.3, -0.25) is 14.6 Å². The fraction of sp³-hybridized carbons (Fsp3) is 0.370. The van der Waals surface area contributed by atoms with Gasteiger partial charge in [0.25, 0.3) is 5.91 Å². The molecule has 2 aliphatic rings. The van der Waals surface area contributed by atoms with Gasteiger partial charge in [0.2, 0.25) is 5.91 Å². The second-order valence-electron chi connectivity index (χ2n) is 8.61. The lowest BCUT2D eigenvalue weighted by Gasteiger charge is -2.22. The molecule has 0 spiro atoms. The lowest BCUT2D eigenvalue weighted by Crippen LogP contribution is -2.33. The van der Waals surface area contributed by atoms with Gasteiger partial charge in [-0.25, -0.2) is 0 Å². The Kier molecular flexibility index (Phi) is 7.23. The maximum Gasteiger partial charge on any atom is 0.255 e. The van der Waals surface area contributed by atoms with Gasteiger partial charge in [0.15, 0.2) is 0 Å². The summed E-state index contributed by atoms with van der Waals surface area (Å²) in [7, 11) is 0. The molecule has 0 fully saturated rings. The van der Waals surface area contributed by atoms with Crippen LogP contribution in [0.2, 0.25) is 0 Å². The molecule has 2 aliphatic heterocycles. The third kappa shape index (κ3) is 5.33. The highest BCUT2D eigenvalue weighted by molar-refractivity contribution is 6.06. The van der Waals surface area contributed by atoms with Gasteiger partial charge in [-0.1, -0.05) is 26.0 Å². The fourth-order valence-corrected chi connectivity index (χ4v) is 4.36. The minimum absolute atomic E-state index is 0.0702. The highest BCUT2D eigenvalue weighted by Crippen LogP contribution is 2.29. The van der Waals surface area contributed by atoms with Crippen molar-refractivity contribution in [3.05, 3.63) is 58.7 Å². The molecule has 4 rings (SSSR count). The molecular weight excluding hydrogens is 412 g/mol. The molecule has 0 bridgehead atoms. The molecule has 0 radical (unpaired) electrons. The van der Waals surface area contributed by atoms with Gasteiger partial charge in [-0.2, -0.15) is 0 Å². The first-order chi connectivity index (χ1) is 16.1. The Labute approximate surface area is 195 Å². The van der Waals surface area contributed by atoms with Crippen LogP contribution in [0.3, 0.4) is 0 Å². The molecule has 6 heteroatoms. The Morgan fingerprint density at radius 2 is 1.91 bits per heavy atom. The molecule has 2 amide bonds. The number of aliphatic imine (C=N–C) groups is 1. The zero-order valence-electron chi connectivity index (χ0n) is 19.5. The van der Waals surface area contributed by atoms with E-state index in [1.807, 2.05) is 29.2 Å². The van der Waals surface area contributed by atoms with Crippen LogP contribution in [-0.2, 0) is 11.2 Å². The maximum atomic E-state index is 13.0. The molecule has 33 heavy (non-hydrogen) atoms. The number of fused-ring (bicyclic) bond motifs is 2. The molecule has 2 aromatic carbocycles. The summed E-state index contributed by atoms with van der Waals surface area (Å²) in [4.78, 5) is 32.4. The molecule has 2 aromatic rings. The number of hydrogen-bond donors (Lipinski definition) is 2. The van der Waals surface area contributed by atoms with Crippen LogP contribution < -0.4 is 10.6 Å². The Hall–Kier alpha value is -3.41. The van der Waals surface area contributed by atoms with Crippen LogP contribution in [-0.4, -0.2) is 42.6 Å². The van der Waals surface area contributed by atoms with E-state index in [0.29, 0.717) is 17.7 Å². The first kappa shape index (κ1) is 22.8. The molecule has 0 saturated carbocycles. The van der Waals surface area contributed by atoms with Crippen LogP contribution >= 0.6 is 0 Å². The second-order valence-corrected chi connectivity index (χ2v) is 8.61. The summed E-state index contributed by atoms with van der Waals surface area (Å²) in [5.41, 5.74) is 5.98. The predicted octanol–water partition coefficient (Wildman–Crippen LogP) is 5.44. The fourth-order valence-electron chi connectivity index (χ4n) is 4.36. The molecule has 6 nitrogen and oxygen atoms in total. The zero-order valence-corrected chi connectivity index (χ0v) is 19.5. The Morgan fingerprint density at radius 3 is 2.70 bits per heavy atom. The van der Waals surface area contributed by atoms with Crippen LogP contribution in [0.15, 0.2) is 47.0 Å². The smallest absolute Gasteiger partial charge is 0.255 e. The van der Waals surface area contributed by atoms with Crippen molar-refractivity contribution in [3.8, 4) is 0 Å². The lowest BCUT2D eigenvalue weighted by atomic mass is 10.0. The third-order valence-electron chi connectivity index (χ3n) is 6.02. The molecule has 0 aliphatic carbocycles. The number of anilines is 2. The van der Waals surface area contributed by atoms with E-state index in [2.05, 4.69) is 35.5 Å². The van der Waals surface area contributed by atoms with E-state index in [0.717, 1.165) is 67.8 Å². The van der Waals surface area contributed by atoms with E-state index in [4.69, 9.17) is 0 Å². The zero-order chi connectivity index (χ0) is 23.2. The topological polar surface area (TPSA) is 73.8 Å². The first-order valence-electron chi connectivity index (χ1n) is 11.9. The number of carbonyl (C=O) groups is 2. The van der Waals surface area contributed by atoms with Crippen molar-refractivity contribution < 1.29 is 9.59 Å². The molecule has 172 valence electrons. The van der Waals surface area contributed by atoms with Crippen molar-refractivity contribution >= 4 is 41.2 Å². The van der Waals surface area contributed by atoms with Crippen LogP contribution in [0.25, 0.3) is 6.08 Å². The van der Waals surface area contributed by atoms with Crippen molar-refractivity contribution in [2.45, 2.75) is 46.0 Å². The predicted molar refractivity (Wildman–Crippen MR) is 136 cm³/mol. The van der Waals surface area contributed by atoms with E-state index < -0.39 is 0 Å². The average molecular weight is 445 g/mol. The molecule has 0 aromatic heterocycles. The van der Waals surface area contributed by atoms with Gasteiger partial charge < -0.3 is 15.5 Å². The molecule has 0 atom stereocenters. The number of aryl methyl sites for hydroxylation is 1. The van der Waals surface area contributed by atoms with Crippen LogP contribution in [0, 0.1) is 0 Å². The summed E-state index contributed by atoms with van der Waals surface area (Å²) in [5, 5.41) is 6.39. The minimum atomic E-state index is -0.176. The Bertz CT molecular complexity index is 1100. The Morgan fingerprint density at radius 1 is 1.09 bits per heavy atom. The number of amides is 2. The van der Waals surface area contributed by atoms with E-state index >= 15 is 0 Å². The summed E-state index contributed by atoms with van der Waals surface area (Å²) >= 11 is 0. The first-order valence-corrected chi connectivity index (χ1v) is 11.9. The van der Waals surface area contributed by atoms with Crippen molar-refractivity contribution in [2.24, 2.45) is 4.99 Å². The number of benzene rings is 2. The van der Waals surface area contributed by atoms with Crippen molar-refractivity contribution in [3.63, 3.8) is 0 Å². The highest BCUT2D eigenvalue weighted by atomic mass is 16.2. The molecule has 0 unspecified atom stereocenters. The molecule has 2 N–H and O–H groups in total. The summed E-state index contributed by atoms with van der Waals surface area (Å²) < 4.78 is 0. The average Bonchev–Trinajstić information content (AvgIpc) is 3.05. The second kappa shape index (κ2) is 10.5. The Balaban J connectivity index is 1.52. The number of nitrogens with zero attached hydrogens (tertiary/aromatic N) is 2. The summed E-state index contributed by atoms with van der Waals surface area (Å²) in [6, 6.07) is 11.5. The van der Waals surface area contributed by atoms with E-state index in [1.165, 1.54) is 5.56 Å². The van der Waals surface area contributed by atoms with Crippen molar-refractivity contribution in [1.82, 2.24) is 4.90 Å². The van der Waals surface area contributed by atoms with E-state index in [-0.39, 0.29) is 11.8 Å². The van der Waals surface area contributed by atoms with Crippen molar-refractivity contribution in [2.75, 3.05) is 30.3 Å². The van der Waals surface area contributed by atoms with Gasteiger partial charge in [0, 0.05) is 60.3 Å². The van der Waals surface area contributed by atoms with Gasteiger partial charge in [-0.05, 0) is 61.6 Å². The van der Waals surface area contributed by atoms with Gasteiger partial charge in [-0.15, -0.1) is 0 Å². The summed E-state index contributed by atoms with van der Waals surface area (Å²) in [5.74, 6) is -0.105. The number of rotatable bonds is 7. The van der Waals surface area contributed by atoms with Crippen LogP contribution in [0.4, 0.5) is 17.1 Å². The summed E-state index contributed by atoms with van der Waals surface area (Å²) in [6.07, 6.45) is 8.23. The SMILES string of the molecule is CCCN(CCC)C(=O)C1=Cc2ccc(C(=O)Nc3ccc4c(c3)NCCC4)cc2N=CC1. The highest BCUT2D eigenvalue weighted by Gasteiger charge is 2.19. The van der Waals surface area contributed by atoms with Crippen LogP contribution in [0.1, 0.15) is 61.0 Å². The number of hydrogen-bond acceptors (Lipinski definition) is 4. The third-order valence-corrected chi connectivity index (χ3v) is 6.02. The van der Waals surface area contributed by atoms with E-state index in [1.54, 1.807) is 18.3 Å². The number of carbonyl (C=O) groups excluding carboxylic acids is 2. The monoisotopic (exact) mass is 444 g/mol. The standard InChI is InChI=1S/C27H32N4O2/c1-3-14-31(15-4-2)27(33)22-11-13-29-24-17-21(8-7-20(24)16-22)26(32)30-23-10-9-19-6-5-12-28-25(19)18-23/h7-10,13,16-18,28H,3-6,11-12,14-15H2,1-2H3,(H,30,32). The number of nitrogens with one attached hydrogen (secondary N) is 2. The molecular formula is C27H32N4O2. The van der Waals surface area contributed by atoms with Crippen LogP contribution in [0.5, 0.6) is 0 Å². The van der Waals surface area contributed by atoms with E-state index in [9.17, 15) is 9.59 Å². The maximum absolute atomic E-state index is 13.0. The quantitative estimate of drug-likeness (QED) is 0.598.